The van der Waals surface area contributed by atoms with Gasteiger partial charge in [-0.15, -0.1) is 0 Å². The van der Waals surface area contributed by atoms with Gasteiger partial charge >= 0.3 is 11.0 Å². The van der Waals surface area contributed by atoms with Crippen molar-refractivity contribution in [1.29, 1.82) is 0 Å². The quantitative estimate of drug-likeness (QED) is 0.625. The molecule has 1 heterocycles. The number of nitrogens with one attached hydrogen (secondary N) is 1. The third-order valence-corrected chi connectivity index (χ3v) is 6.10. The first-order valence-electron chi connectivity index (χ1n) is 9.27. The van der Waals surface area contributed by atoms with Crippen LogP contribution in [0.3, 0.4) is 0 Å². The molecule has 4 nitrogen and oxygen atoms in total. The molecule has 2 aromatic carbocycles. The minimum Gasteiger partial charge on any atom is -0.347 e. The lowest BCUT2D eigenvalue weighted by molar-refractivity contribution is -0.137. The molecule has 0 aliphatic heterocycles. The van der Waals surface area contributed by atoms with Gasteiger partial charge in [-0.05, 0) is 55.2 Å². The highest BCUT2D eigenvalue weighted by Gasteiger charge is 2.30. The molecule has 0 atom stereocenters. The summed E-state index contributed by atoms with van der Waals surface area (Å²) in [6.07, 6.45) is -4.44. The Balaban J connectivity index is 1.78. The lowest BCUT2D eigenvalue weighted by Crippen LogP contribution is -2.23. The summed E-state index contributed by atoms with van der Waals surface area (Å²) >= 11 is 0.838. The van der Waals surface area contributed by atoms with Crippen LogP contribution >= 0.6 is 11.3 Å². The molecule has 3 rings (SSSR count). The van der Waals surface area contributed by atoms with Crippen LogP contribution in [-0.4, -0.2) is 10.5 Å². The van der Waals surface area contributed by atoms with Crippen molar-refractivity contribution in [3.8, 4) is 0 Å². The van der Waals surface area contributed by atoms with Crippen molar-refractivity contribution in [3.63, 3.8) is 0 Å². The highest BCUT2D eigenvalue weighted by atomic mass is 32.1. The van der Waals surface area contributed by atoms with Gasteiger partial charge in [-0.25, -0.2) is 0 Å². The number of aromatic nitrogens is 1. The first kappa shape index (κ1) is 21.8. The Bertz CT molecular complexity index is 1130. The van der Waals surface area contributed by atoms with Crippen LogP contribution in [0.25, 0.3) is 0 Å². The average Bonchev–Trinajstić information content (AvgIpc) is 2.96. The fourth-order valence-corrected chi connectivity index (χ4v) is 4.16. The number of carbonyl (C=O) groups is 1. The van der Waals surface area contributed by atoms with E-state index in [-0.39, 0.29) is 16.3 Å². The zero-order chi connectivity index (χ0) is 22.1. The molecule has 1 amide bonds. The number of carbonyl (C=O) groups excluding carboxylic acids is 1. The van der Waals surface area contributed by atoms with Gasteiger partial charge in [0.15, 0.2) is 0 Å². The SMILES string of the molecule is Cc1cccc(C)c1Cn1c(C)c(C(=O)NCc2cccc(C(F)(F)F)c2)sc1=O. The van der Waals surface area contributed by atoms with E-state index in [1.807, 2.05) is 32.0 Å². The number of rotatable bonds is 5. The smallest absolute Gasteiger partial charge is 0.347 e. The summed E-state index contributed by atoms with van der Waals surface area (Å²) in [6.45, 7) is 5.94. The van der Waals surface area contributed by atoms with Crippen LogP contribution in [0.2, 0.25) is 0 Å². The van der Waals surface area contributed by atoms with E-state index < -0.39 is 17.6 Å². The van der Waals surface area contributed by atoms with E-state index in [0.717, 1.165) is 40.2 Å². The number of nitrogens with zero attached hydrogens (tertiary/aromatic N) is 1. The molecule has 0 saturated heterocycles. The Hall–Kier alpha value is -2.87. The van der Waals surface area contributed by atoms with Gasteiger partial charge in [-0.2, -0.15) is 13.2 Å². The number of hydrogen-bond donors (Lipinski definition) is 1. The second-order valence-electron chi connectivity index (χ2n) is 7.12. The minimum atomic E-state index is -4.44. The second kappa shape index (κ2) is 8.47. The van der Waals surface area contributed by atoms with Gasteiger partial charge in [0, 0.05) is 12.2 Å². The summed E-state index contributed by atoms with van der Waals surface area (Å²) in [5, 5.41) is 2.61. The monoisotopic (exact) mass is 434 g/mol. The van der Waals surface area contributed by atoms with Gasteiger partial charge in [0.1, 0.15) is 4.88 Å². The van der Waals surface area contributed by atoms with Crippen molar-refractivity contribution >= 4 is 17.2 Å². The first-order chi connectivity index (χ1) is 14.1. The topological polar surface area (TPSA) is 51.1 Å². The summed E-state index contributed by atoms with van der Waals surface area (Å²) < 4.78 is 40.1. The second-order valence-corrected chi connectivity index (χ2v) is 8.08. The van der Waals surface area contributed by atoms with E-state index in [1.165, 1.54) is 12.1 Å². The van der Waals surface area contributed by atoms with Crippen LogP contribution in [-0.2, 0) is 19.3 Å². The molecule has 0 fully saturated rings. The van der Waals surface area contributed by atoms with Gasteiger partial charge in [0.25, 0.3) is 5.91 Å². The van der Waals surface area contributed by atoms with Crippen LogP contribution in [0.4, 0.5) is 13.2 Å². The molecule has 0 bridgehead atoms. The van der Waals surface area contributed by atoms with Gasteiger partial charge in [0.2, 0.25) is 0 Å². The molecule has 30 heavy (non-hydrogen) atoms. The summed E-state index contributed by atoms with van der Waals surface area (Å²) in [7, 11) is 0. The van der Waals surface area contributed by atoms with Crippen molar-refractivity contribution < 1.29 is 18.0 Å². The zero-order valence-corrected chi connectivity index (χ0v) is 17.6. The predicted octanol–water partition coefficient (Wildman–Crippen LogP) is 4.83. The third-order valence-electron chi connectivity index (χ3n) is 5.02. The number of aryl methyl sites for hydroxylation is 2. The molecule has 1 aromatic heterocycles. The van der Waals surface area contributed by atoms with Gasteiger partial charge in [-0.3, -0.25) is 14.2 Å². The van der Waals surface area contributed by atoms with Crippen LogP contribution in [0.5, 0.6) is 0 Å². The molecule has 0 unspecified atom stereocenters. The number of amides is 1. The van der Waals surface area contributed by atoms with E-state index in [0.29, 0.717) is 17.8 Å². The summed E-state index contributed by atoms with van der Waals surface area (Å²) in [5.74, 6) is -0.479. The van der Waals surface area contributed by atoms with Crippen molar-refractivity contribution in [1.82, 2.24) is 9.88 Å². The number of alkyl halides is 3. The largest absolute Gasteiger partial charge is 0.416 e. The molecule has 0 radical (unpaired) electrons. The van der Waals surface area contributed by atoms with Crippen LogP contribution in [0.15, 0.2) is 47.3 Å². The van der Waals surface area contributed by atoms with Crippen molar-refractivity contribution in [2.45, 2.75) is 40.0 Å². The maximum atomic E-state index is 12.8. The maximum Gasteiger partial charge on any atom is 0.416 e. The molecule has 158 valence electrons. The molecule has 0 saturated carbocycles. The normalized spacial score (nSPS) is 11.5. The Morgan fingerprint density at radius 2 is 1.70 bits per heavy atom. The Morgan fingerprint density at radius 3 is 2.33 bits per heavy atom. The summed E-state index contributed by atoms with van der Waals surface area (Å²) in [4.78, 5) is 25.1. The molecule has 8 heteroatoms. The molecule has 0 spiro atoms. The highest BCUT2D eigenvalue weighted by molar-refractivity contribution is 7.11. The van der Waals surface area contributed by atoms with Gasteiger partial charge in [0.05, 0.1) is 12.1 Å². The number of benzene rings is 2. The lowest BCUT2D eigenvalue weighted by atomic mass is 10.0. The Labute approximate surface area is 176 Å². The standard InChI is InChI=1S/C22H21F3N2O2S/c1-13-6-4-7-14(2)18(13)12-27-15(3)19(30-21(27)29)20(28)26-11-16-8-5-9-17(10-16)22(23,24)25/h4-10H,11-12H2,1-3H3,(H,26,28). The van der Waals surface area contributed by atoms with Gasteiger partial charge in [-0.1, -0.05) is 41.7 Å². The predicted molar refractivity (Wildman–Crippen MR) is 111 cm³/mol. The molecule has 0 aliphatic carbocycles. The maximum absolute atomic E-state index is 12.8. The molecule has 0 aliphatic rings. The van der Waals surface area contributed by atoms with Crippen LogP contribution in [0, 0.1) is 20.8 Å². The van der Waals surface area contributed by atoms with Crippen LogP contribution < -0.4 is 10.2 Å². The first-order valence-corrected chi connectivity index (χ1v) is 10.1. The van der Waals surface area contributed by atoms with Crippen molar-refractivity contribution in [2.75, 3.05) is 0 Å². The molecule has 1 N–H and O–H groups in total. The lowest BCUT2D eigenvalue weighted by Gasteiger charge is -2.12. The van der Waals surface area contributed by atoms with Crippen molar-refractivity contribution in [2.24, 2.45) is 0 Å². The minimum absolute atomic E-state index is 0.0643. The van der Waals surface area contributed by atoms with Gasteiger partial charge < -0.3 is 5.32 Å². The zero-order valence-electron chi connectivity index (χ0n) is 16.8. The number of hydrogen-bond acceptors (Lipinski definition) is 3. The van der Waals surface area contributed by atoms with Crippen molar-refractivity contribution in [3.05, 3.63) is 90.5 Å². The number of halogens is 3. The van der Waals surface area contributed by atoms with Crippen LogP contribution in [0.1, 0.15) is 43.2 Å². The fourth-order valence-electron chi connectivity index (χ4n) is 3.25. The third kappa shape index (κ3) is 4.64. The number of thiazole rings is 1. The molecule has 3 aromatic rings. The van der Waals surface area contributed by atoms with E-state index in [9.17, 15) is 22.8 Å². The Morgan fingerprint density at radius 1 is 1.07 bits per heavy atom. The van der Waals surface area contributed by atoms with E-state index in [4.69, 9.17) is 0 Å². The Kier molecular flexibility index (Phi) is 6.17. The van der Waals surface area contributed by atoms with E-state index in [1.54, 1.807) is 11.5 Å². The summed E-state index contributed by atoms with van der Waals surface area (Å²) in [5.41, 5.74) is 3.24. The van der Waals surface area contributed by atoms with E-state index in [2.05, 4.69) is 5.32 Å². The fraction of sp³-hybridized carbons (Fsp3) is 0.273. The van der Waals surface area contributed by atoms with E-state index >= 15 is 0 Å². The molecular weight excluding hydrogens is 413 g/mol. The average molecular weight is 434 g/mol. The highest BCUT2D eigenvalue weighted by Crippen LogP contribution is 2.29. The summed E-state index contributed by atoms with van der Waals surface area (Å²) in [6, 6.07) is 10.7. The molecular formula is C22H21F3N2O2S.